The van der Waals surface area contributed by atoms with Crippen LogP contribution in [0, 0.1) is 17.8 Å². The van der Waals surface area contributed by atoms with E-state index in [4.69, 9.17) is 0 Å². The lowest BCUT2D eigenvalue weighted by atomic mass is 9.96. The SMILES string of the molecule is C=C(C)C(=O)[O-].CC1CC2C=CC1C2. The fourth-order valence-electron chi connectivity index (χ4n) is 2.06. The largest absolute Gasteiger partial charge is 0.545 e. The second-order valence-corrected chi connectivity index (χ2v) is 4.33. The number of rotatable bonds is 1. The Kier molecular flexibility index (Phi) is 3.50. The van der Waals surface area contributed by atoms with Crippen LogP contribution in [-0.2, 0) is 4.79 Å². The minimum absolute atomic E-state index is 0.0648. The number of hydrogen-bond donors (Lipinski definition) is 0. The molecule has 1 saturated carbocycles. The van der Waals surface area contributed by atoms with E-state index in [2.05, 4.69) is 25.7 Å². The molecule has 0 heterocycles. The van der Waals surface area contributed by atoms with Crippen molar-refractivity contribution in [1.29, 1.82) is 0 Å². The zero-order valence-corrected chi connectivity index (χ0v) is 8.82. The van der Waals surface area contributed by atoms with E-state index in [9.17, 15) is 9.90 Å². The predicted molar refractivity (Wildman–Crippen MR) is 54.3 cm³/mol. The molecular formula is C12H17O2-. The lowest BCUT2D eigenvalue weighted by molar-refractivity contribution is -0.299. The zero-order valence-electron chi connectivity index (χ0n) is 8.82. The number of hydrogen-bond acceptors (Lipinski definition) is 2. The molecule has 2 aliphatic rings. The van der Waals surface area contributed by atoms with Crippen LogP contribution in [0.5, 0.6) is 0 Å². The van der Waals surface area contributed by atoms with Crippen LogP contribution in [0.25, 0.3) is 0 Å². The third-order valence-corrected chi connectivity index (χ3v) is 2.96. The smallest absolute Gasteiger partial charge is 0.0666 e. The van der Waals surface area contributed by atoms with Gasteiger partial charge in [0.25, 0.3) is 0 Å². The first kappa shape index (κ1) is 11.0. The van der Waals surface area contributed by atoms with Crippen molar-refractivity contribution in [1.82, 2.24) is 0 Å². The topological polar surface area (TPSA) is 40.1 Å². The number of aliphatic carboxylic acids is 1. The first-order chi connectivity index (χ1) is 6.50. The first-order valence-corrected chi connectivity index (χ1v) is 5.06. The third kappa shape index (κ3) is 2.72. The summed E-state index contributed by atoms with van der Waals surface area (Å²) < 4.78 is 0. The molecule has 0 aromatic carbocycles. The van der Waals surface area contributed by atoms with Gasteiger partial charge in [0.05, 0.1) is 5.97 Å². The van der Waals surface area contributed by atoms with Crippen molar-refractivity contribution in [3.8, 4) is 0 Å². The second-order valence-electron chi connectivity index (χ2n) is 4.33. The van der Waals surface area contributed by atoms with Crippen molar-refractivity contribution in [3.05, 3.63) is 24.3 Å². The van der Waals surface area contributed by atoms with Gasteiger partial charge < -0.3 is 9.90 Å². The molecule has 2 rings (SSSR count). The summed E-state index contributed by atoms with van der Waals surface area (Å²) >= 11 is 0. The number of carboxylic acids is 1. The molecule has 0 aromatic heterocycles. The number of carboxylic acid groups (broad SMARTS) is 1. The maximum atomic E-state index is 9.49. The molecule has 0 N–H and O–H groups in total. The normalized spacial score (nSPS) is 32.3. The number of carbonyl (C=O) groups excluding carboxylic acids is 1. The predicted octanol–water partition coefficient (Wildman–Crippen LogP) is 1.53. The van der Waals surface area contributed by atoms with Crippen LogP contribution >= 0.6 is 0 Å². The van der Waals surface area contributed by atoms with Gasteiger partial charge in [-0.15, -0.1) is 0 Å². The van der Waals surface area contributed by atoms with E-state index >= 15 is 0 Å². The highest BCUT2D eigenvalue weighted by molar-refractivity contribution is 5.82. The van der Waals surface area contributed by atoms with Crippen molar-refractivity contribution < 1.29 is 9.90 Å². The molecule has 0 aromatic rings. The van der Waals surface area contributed by atoms with Gasteiger partial charge in [0, 0.05) is 0 Å². The van der Waals surface area contributed by atoms with Gasteiger partial charge in [0.2, 0.25) is 0 Å². The standard InChI is InChI=1S/C8H12.C4H6O2/c1-6-4-7-2-3-8(6)5-7;1-3(2)4(5)6/h2-3,6-8H,4-5H2,1H3;1H2,2H3,(H,5,6)/p-1. The Balaban J connectivity index is 0.000000149. The molecule has 0 radical (unpaired) electrons. The zero-order chi connectivity index (χ0) is 10.7. The Morgan fingerprint density at radius 2 is 2.00 bits per heavy atom. The highest BCUT2D eigenvalue weighted by Gasteiger charge is 2.32. The molecule has 3 unspecified atom stereocenters. The van der Waals surface area contributed by atoms with Gasteiger partial charge in [0.1, 0.15) is 0 Å². The van der Waals surface area contributed by atoms with E-state index in [1.165, 1.54) is 19.8 Å². The monoisotopic (exact) mass is 193 g/mol. The van der Waals surface area contributed by atoms with E-state index in [0.717, 1.165) is 17.8 Å². The maximum absolute atomic E-state index is 9.49. The van der Waals surface area contributed by atoms with Crippen LogP contribution in [0.1, 0.15) is 26.7 Å². The molecule has 0 saturated heterocycles. The van der Waals surface area contributed by atoms with Crippen LogP contribution in [0.2, 0.25) is 0 Å². The molecule has 3 atom stereocenters. The van der Waals surface area contributed by atoms with Crippen molar-refractivity contribution in [2.24, 2.45) is 17.8 Å². The van der Waals surface area contributed by atoms with E-state index in [1.54, 1.807) is 0 Å². The average Bonchev–Trinajstić information content (AvgIpc) is 2.65. The fourth-order valence-corrected chi connectivity index (χ4v) is 2.06. The van der Waals surface area contributed by atoms with Gasteiger partial charge >= 0.3 is 0 Å². The average molecular weight is 193 g/mol. The molecule has 2 heteroatoms. The minimum Gasteiger partial charge on any atom is -0.545 e. The molecule has 2 aliphatic carbocycles. The van der Waals surface area contributed by atoms with E-state index in [-0.39, 0.29) is 5.57 Å². The lowest BCUT2D eigenvalue weighted by Gasteiger charge is -2.09. The maximum Gasteiger partial charge on any atom is 0.0666 e. The second kappa shape index (κ2) is 4.45. The van der Waals surface area contributed by atoms with Crippen molar-refractivity contribution in [2.45, 2.75) is 26.7 Å². The summed E-state index contributed by atoms with van der Waals surface area (Å²) in [6.45, 7) is 6.85. The van der Waals surface area contributed by atoms with Gasteiger partial charge in [0.15, 0.2) is 0 Å². The van der Waals surface area contributed by atoms with Gasteiger partial charge in [-0.1, -0.05) is 25.7 Å². The molecule has 78 valence electrons. The first-order valence-electron chi connectivity index (χ1n) is 5.06. The summed E-state index contributed by atoms with van der Waals surface area (Å²) in [7, 11) is 0. The number of fused-ring (bicyclic) bond motifs is 2. The van der Waals surface area contributed by atoms with E-state index in [0.29, 0.717) is 0 Å². The van der Waals surface area contributed by atoms with Gasteiger partial charge in [-0.3, -0.25) is 0 Å². The van der Waals surface area contributed by atoms with Crippen LogP contribution < -0.4 is 5.11 Å². The van der Waals surface area contributed by atoms with Gasteiger partial charge in [-0.05, 0) is 43.1 Å². The fraction of sp³-hybridized carbons (Fsp3) is 0.583. The lowest BCUT2D eigenvalue weighted by Crippen LogP contribution is -2.22. The summed E-state index contributed by atoms with van der Waals surface area (Å²) in [6.07, 6.45) is 7.71. The Hall–Kier alpha value is -1.05. The van der Waals surface area contributed by atoms with E-state index < -0.39 is 5.97 Å². The molecule has 1 fully saturated rings. The molecule has 2 bridgehead atoms. The Morgan fingerprint density at radius 3 is 2.14 bits per heavy atom. The Labute approximate surface area is 85.3 Å². The molecule has 14 heavy (non-hydrogen) atoms. The molecule has 0 amide bonds. The quantitative estimate of drug-likeness (QED) is 0.468. The molecule has 0 aliphatic heterocycles. The van der Waals surface area contributed by atoms with Crippen molar-refractivity contribution in [2.75, 3.05) is 0 Å². The van der Waals surface area contributed by atoms with Crippen LogP contribution in [0.4, 0.5) is 0 Å². The van der Waals surface area contributed by atoms with Crippen LogP contribution in [0.15, 0.2) is 24.3 Å². The molecule has 0 spiro atoms. The molecule has 2 nitrogen and oxygen atoms in total. The summed E-state index contributed by atoms with van der Waals surface area (Å²) in [6, 6.07) is 0. The van der Waals surface area contributed by atoms with Gasteiger partial charge in [-0.2, -0.15) is 0 Å². The summed E-state index contributed by atoms with van der Waals surface area (Å²) in [4.78, 5) is 9.49. The summed E-state index contributed by atoms with van der Waals surface area (Å²) in [5, 5.41) is 9.49. The number of allylic oxidation sites excluding steroid dienone is 2. The highest BCUT2D eigenvalue weighted by Crippen LogP contribution is 2.42. The van der Waals surface area contributed by atoms with Crippen LogP contribution in [0.3, 0.4) is 0 Å². The number of carbonyl (C=O) groups is 1. The molecular weight excluding hydrogens is 176 g/mol. The van der Waals surface area contributed by atoms with Crippen LogP contribution in [-0.4, -0.2) is 5.97 Å². The third-order valence-electron chi connectivity index (χ3n) is 2.96. The Bertz CT molecular complexity index is 253. The van der Waals surface area contributed by atoms with Gasteiger partial charge in [-0.25, -0.2) is 0 Å². The van der Waals surface area contributed by atoms with Crippen molar-refractivity contribution in [3.63, 3.8) is 0 Å². The van der Waals surface area contributed by atoms with Crippen molar-refractivity contribution >= 4 is 5.97 Å². The highest BCUT2D eigenvalue weighted by atomic mass is 16.4. The summed E-state index contributed by atoms with van der Waals surface area (Å²) in [5.74, 6) is 1.73. The van der Waals surface area contributed by atoms with E-state index in [1.807, 2.05) is 0 Å². The minimum atomic E-state index is -1.19. The Morgan fingerprint density at radius 1 is 1.43 bits per heavy atom. The summed E-state index contributed by atoms with van der Waals surface area (Å²) in [5.41, 5.74) is 0.0648.